The molecule has 6 nitrogen and oxygen atoms in total. The third kappa shape index (κ3) is 7.45. The maximum absolute atomic E-state index is 12.2. The third-order valence-electron chi connectivity index (χ3n) is 4.14. The van der Waals surface area contributed by atoms with Crippen LogP contribution in [0.3, 0.4) is 0 Å². The van der Waals surface area contributed by atoms with Gasteiger partial charge < -0.3 is 10.1 Å². The smallest absolute Gasteiger partial charge is 0.260 e. The van der Waals surface area contributed by atoms with E-state index in [2.05, 4.69) is 5.32 Å². The Hall–Kier alpha value is -1.90. The van der Waals surface area contributed by atoms with Crippen molar-refractivity contribution in [2.75, 3.05) is 29.9 Å². The zero-order valence-corrected chi connectivity index (χ0v) is 19.0. The fraction of sp³-hybridized carbons (Fsp3) is 0.350. The summed E-state index contributed by atoms with van der Waals surface area (Å²) < 4.78 is 29.9. The fourth-order valence-electron chi connectivity index (χ4n) is 2.37. The summed E-state index contributed by atoms with van der Waals surface area (Å²) in [5.74, 6) is 1.83. The van der Waals surface area contributed by atoms with Gasteiger partial charge in [-0.25, -0.2) is 8.42 Å². The number of carbonyl (C=O) groups is 1. The molecule has 0 aliphatic carbocycles. The maximum Gasteiger partial charge on any atom is 0.260 e. The minimum absolute atomic E-state index is 0.208. The molecule has 0 aliphatic heterocycles. The van der Waals surface area contributed by atoms with Crippen molar-refractivity contribution in [1.29, 1.82) is 0 Å². The van der Waals surface area contributed by atoms with Crippen molar-refractivity contribution in [3.8, 4) is 5.75 Å². The van der Waals surface area contributed by atoms with E-state index in [9.17, 15) is 13.2 Å². The van der Waals surface area contributed by atoms with Crippen LogP contribution < -0.4 is 14.4 Å². The number of benzene rings is 2. The number of halogens is 1. The van der Waals surface area contributed by atoms with Gasteiger partial charge in [-0.3, -0.25) is 9.10 Å². The molecular formula is C20H25ClN2O4S2. The van der Waals surface area contributed by atoms with E-state index in [4.69, 9.17) is 16.3 Å². The second kappa shape index (κ2) is 10.8. The summed E-state index contributed by atoms with van der Waals surface area (Å²) in [6.45, 7) is 2.20. The zero-order chi connectivity index (χ0) is 21.4. The summed E-state index contributed by atoms with van der Waals surface area (Å²) in [5, 5.41) is 3.60. The fourth-order valence-corrected chi connectivity index (χ4v) is 4.02. The highest BCUT2D eigenvalue weighted by atomic mass is 35.5. The largest absolute Gasteiger partial charge is 0.481 e. The number of hydrogen-bond acceptors (Lipinski definition) is 5. The van der Waals surface area contributed by atoms with Crippen LogP contribution >= 0.6 is 23.4 Å². The van der Waals surface area contributed by atoms with Gasteiger partial charge in [0.2, 0.25) is 10.0 Å². The number of anilines is 1. The topological polar surface area (TPSA) is 75.7 Å². The Morgan fingerprint density at radius 1 is 1.21 bits per heavy atom. The molecule has 2 aromatic rings. The van der Waals surface area contributed by atoms with Crippen LogP contribution in [0.15, 0.2) is 48.5 Å². The number of nitrogens with one attached hydrogen (secondary N) is 1. The zero-order valence-electron chi connectivity index (χ0n) is 16.6. The predicted octanol–water partition coefficient (Wildman–Crippen LogP) is 3.55. The van der Waals surface area contributed by atoms with Gasteiger partial charge in [-0.05, 0) is 42.8 Å². The molecule has 1 amide bonds. The van der Waals surface area contributed by atoms with E-state index in [0.29, 0.717) is 18.0 Å². The van der Waals surface area contributed by atoms with Gasteiger partial charge >= 0.3 is 0 Å². The molecule has 0 spiro atoms. The van der Waals surface area contributed by atoms with E-state index in [0.717, 1.165) is 28.3 Å². The molecule has 1 unspecified atom stereocenters. The molecule has 0 saturated heterocycles. The molecule has 1 atom stereocenters. The summed E-state index contributed by atoms with van der Waals surface area (Å²) >= 11 is 7.81. The lowest BCUT2D eigenvalue weighted by atomic mass is 10.2. The van der Waals surface area contributed by atoms with Gasteiger partial charge in [-0.1, -0.05) is 29.8 Å². The molecule has 158 valence electrons. The lowest BCUT2D eigenvalue weighted by Crippen LogP contribution is -2.37. The number of rotatable bonds is 10. The summed E-state index contributed by atoms with van der Waals surface area (Å²) in [6, 6.07) is 14.2. The first-order valence-corrected chi connectivity index (χ1v) is 12.4. The lowest BCUT2D eigenvalue weighted by Gasteiger charge is -2.18. The predicted molar refractivity (Wildman–Crippen MR) is 120 cm³/mol. The Morgan fingerprint density at radius 2 is 1.86 bits per heavy atom. The molecule has 0 fully saturated rings. The van der Waals surface area contributed by atoms with Crippen LogP contribution in [0, 0.1) is 0 Å². The number of sulfonamides is 1. The minimum Gasteiger partial charge on any atom is -0.481 e. The van der Waals surface area contributed by atoms with Crippen LogP contribution in [0.4, 0.5) is 5.69 Å². The van der Waals surface area contributed by atoms with Crippen molar-refractivity contribution in [2.24, 2.45) is 0 Å². The van der Waals surface area contributed by atoms with E-state index < -0.39 is 16.1 Å². The minimum atomic E-state index is -3.32. The first kappa shape index (κ1) is 23.4. The first-order valence-electron chi connectivity index (χ1n) is 8.98. The van der Waals surface area contributed by atoms with E-state index in [1.807, 2.05) is 24.3 Å². The van der Waals surface area contributed by atoms with Crippen LogP contribution in [-0.2, 0) is 20.6 Å². The summed E-state index contributed by atoms with van der Waals surface area (Å²) in [6.07, 6.45) is 0.471. The van der Waals surface area contributed by atoms with Gasteiger partial charge in [0.15, 0.2) is 6.10 Å². The van der Waals surface area contributed by atoms with Crippen LogP contribution in [0.25, 0.3) is 0 Å². The van der Waals surface area contributed by atoms with E-state index in [1.165, 1.54) is 11.4 Å². The third-order valence-corrected chi connectivity index (χ3v) is 6.72. The highest BCUT2D eigenvalue weighted by Gasteiger charge is 2.15. The van der Waals surface area contributed by atoms with Crippen molar-refractivity contribution >= 4 is 45.0 Å². The highest BCUT2D eigenvalue weighted by molar-refractivity contribution is 7.98. The molecule has 0 aromatic heterocycles. The van der Waals surface area contributed by atoms with Crippen molar-refractivity contribution in [1.82, 2.24) is 5.32 Å². The summed E-state index contributed by atoms with van der Waals surface area (Å²) in [5.41, 5.74) is 1.60. The van der Waals surface area contributed by atoms with Crippen LogP contribution in [0.1, 0.15) is 12.5 Å². The number of ether oxygens (including phenoxy) is 1. The number of amides is 1. The molecule has 0 bridgehead atoms. The molecule has 0 heterocycles. The molecule has 29 heavy (non-hydrogen) atoms. The number of hydrogen-bond donors (Lipinski definition) is 1. The van der Waals surface area contributed by atoms with Gasteiger partial charge in [0.05, 0.1) is 11.9 Å². The molecule has 0 saturated carbocycles. The van der Waals surface area contributed by atoms with Gasteiger partial charge in [0, 0.05) is 30.1 Å². The van der Waals surface area contributed by atoms with E-state index in [-0.39, 0.29) is 5.91 Å². The first-order chi connectivity index (χ1) is 13.7. The van der Waals surface area contributed by atoms with Gasteiger partial charge in [0.1, 0.15) is 5.75 Å². The Bertz CT molecular complexity index is 920. The van der Waals surface area contributed by atoms with Gasteiger partial charge in [-0.2, -0.15) is 11.8 Å². The standard InChI is InChI=1S/C20H25ClN2O4S2/c1-15(27-18-10-8-17(9-11-18)23(2)29(3,25)26)20(24)22-12-13-28-14-16-6-4-5-7-19(16)21/h4-11,15H,12-14H2,1-3H3,(H,22,24). The molecule has 0 aliphatic rings. The van der Waals surface area contributed by atoms with Crippen molar-refractivity contribution < 1.29 is 17.9 Å². The molecule has 2 aromatic carbocycles. The second-order valence-electron chi connectivity index (χ2n) is 6.42. The molecule has 9 heteroatoms. The summed E-state index contributed by atoms with van der Waals surface area (Å²) in [7, 11) is -1.84. The van der Waals surface area contributed by atoms with Crippen molar-refractivity contribution in [3.05, 3.63) is 59.1 Å². The van der Waals surface area contributed by atoms with Gasteiger partial charge in [-0.15, -0.1) is 0 Å². The Morgan fingerprint density at radius 3 is 2.48 bits per heavy atom. The quantitative estimate of drug-likeness (QED) is 0.553. The Kier molecular flexibility index (Phi) is 8.67. The van der Waals surface area contributed by atoms with Crippen LogP contribution in [0.2, 0.25) is 5.02 Å². The number of carbonyl (C=O) groups excluding carboxylic acids is 1. The molecule has 0 radical (unpaired) electrons. The maximum atomic E-state index is 12.2. The average Bonchev–Trinajstić information content (AvgIpc) is 2.68. The highest BCUT2D eigenvalue weighted by Crippen LogP contribution is 2.22. The number of nitrogens with zero attached hydrogens (tertiary/aromatic N) is 1. The second-order valence-corrected chi connectivity index (χ2v) is 9.95. The van der Waals surface area contributed by atoms with Crippen LogP contribution in [-0.4, -0.2) is 46.0 Å². The summed E-state index contributed by atoms with van der Waals surface area (Å²) in [4.78, 5) is 12.2. The monoisotopic (exact) mass is 456 g/mol. The van der Waals surface area contributed by atoms with Crippen LogP contribution in [0.5, 0.6) is 5.75 Å². The molecule has 1 N–H and O–H groups in total. The average molecular weight is 457 g/mol. The lowest BCUT2D eigenvalue weighted by molar-refractivity contribution is -0.127. The van der Waals surface area contributed by atoms with Gasteiger partial charge in [0.25, 0.3) is 5.91 Å². The molecular weight excluding hydrogens is 432 g/mol. The van der Waals surface area contributed by atoms with E-state index >= 15 is 0 Å². The molecule has 2 rings (SSSR count). The van der Waals surface area contributed by atoms with E-state index in [1.54, 1.807) is 43.0 Å². The normalized spacial score (nSPS) is 12.3. The Labute approximate surface area is 181 Å². The van der Waals surface area contributed by atoms with Crippen molar-refractivity contribution in [2.45, 2.75) is 18.8 Å². The van der Waals surface area contributed by atoms with Crippen molar-refractivity contribution in [3.63, 3.8) is 0 Å². The number of thioether (sulfide) groups is 1. The SMILES string of the molecule is CC(Oc1ccc(N(C)S(C)(=O)=O)cc1)C(=O)NCCSCc1ccccc1Cl. The Balaban J connectivity index is 1.74.